The maximum atomic E-state index is 10.6. The van der Waals surface area contributed by atoms with E-state index in [0.29, 0.717) is 36.9 Å². The molecule has 28 heteroatoms. The number of benzene rings is 5. The minimum atomic E-state index is -0.826. The van der Waals surface area contributed by atoms with Gasteiger partial charge in [-0.3, -0.25) is 15.1 Å². The van der Waals surface area contributed by atoms with Crippen molar-refractivity contribution in [2.45, 2.75) is 34.6 Å². The van der Waals surface area contributed by atoms with Gasteiger partial charge >= 0.3 is 66.3 Å². The third-order valence-electron chi connectivity index (χ3n) is 12.1. The zero-order chi connectivity index (χ0) is 57.9. The molecule has 82 heavy (non-hydrogen) atoms. The summed E-state index contributed by atoms with van der Waals surface area (Å²) in [6.45, 7) is 14.2. The topological polar surface area (TPSA) is 351 Å². The van der Waals surface area contributed by atoms with E-state index in [1.165, 1.54) is 38.7 Å². The number of aromatic nitrogens is 5. The van der Waals surface area contributed by atoms with Gasteiger partial charge in [-0.1, -0.05) is 24.3 Å². The molecule has 0 unspecified atom stereocenters. The molecule has 0 spiro atoms. The van der Waals surface area contributed by atoms with Gasteiger partial charge in [-0.2, -0.15) is 4.99 Å². The fourth-order valence-corrected chi connectivity index (χ4v) is 8.29. The Kier molecular flexibility index (Phi) is 39.1. The Bertz CT molecular complexity index is 3550. The molecule has 5 aromatic carbocycles. The third-order valence-corrected chi connectivity index (χ3v) is 12.4. The molecular formula is C54H67Ac2Cl2HgN16O4S2Sn. The van der Waals surface area contributed by atoms with Crippen molar-refractivity contribution >= 4 is 160 Å². The molecule has 20 N–H and O–H groups in total. The number of fused-ring (bicyclic) bond motifs is 5. The Hall–Kier alpha value is -3.24. The van der Waals surface area contributed by atoms with E-state index >= 15 is 0 Å². The number of halogens is 2. The molecule has 4 radical (unpaired) electrons. The quantitative estimate of drug-likeness (QED) is 0.0177. The average molecular weight is 1910 g/mol. The van der Waals surface area contributed by atoms with Crippen molar-refractivity contribution < 1.29 is 128 Å². The van der Waals surface area contributed by atoms with Crippen LogP contribution in [0.25, 0.3) is 54.5 Å². The summed E-state index contributed by atoms with van der Waals surface area (Å²) >= 11 is 8.95. The Balaban J connectivity index is 0.000000492. The number of nitrogens with zero attached hydrogens (tertiary/aromatic N) is 3. The summed E-state index contributed by atoms with van der Waals surface area (Å²) in [6.07, 6.45) is 9.53. The van der Waals surface area contributed by atoms with Gasteiger partial charge in [0.25, 0.3) is 5.69 Å². The number of aryl methyl sites for hydroxylation is 5. The van der Waals surface area contributed by atoms with Crippen LogP contribution in [0.5, 0.6) is 0 Å². The van der Waals surface area contributed by atoms with Crippen molar-refractivity contribution in [2.24, 2.45) is 27.2 Å². The van der Waals surface area contributed by atoms with Crippen LogP contribution in [0.15, 0.2) is 132 Å². The number of nitro benzene ring substituents is 1. The molecule has 0 saturated carbocycles. The number of hydrogen-bond acceptors (Lipinski definition) is 13. The Labute approximate surface area is 593 Å². The van der Waals surface area contributed by atoms with Crippen molar-refractivity contribution in [3.05, 3.63) is 160 Å². The number of hydrogen-bond donors (Lipinski definition) is 14. The zero-order valence-corrected chi connectivity index (χ0v) is 67.1. The van der Waals surface area contributed by atoms with Gasteiger partial charge in [0.2, 0.25) is 0 Å². The van der Waals surface area contributed by atoms with E-state index in [-0.39, 0.29) is 131 Å². The van der Waals surface area contributed by atoms with Gasteiger partial charge in [0, 0.05) is 180 Å². The molecular weight excluding hydrogens is 1850 g/mol. The standard InChI is InChI=1S/C12H16N4S.C12H14N4.C10H8N2S.C9H8N2O2.C9H10N2.C2H8N2.2Ac.2ClH.Hg.2H2O.Sn/c1-8-10(16-12(17)15-7-5-13)3-2-9-4-6-14-11(8)9;1-8-10(16-12-14-6-7-15-12)3-2-9-4-5-13-11(8)9;1-7-9(12-6-13)3-2-8-4-5-11-10(7)8;1-6-8(11(12)13)3-2-7-4-5-10-9(6)7;1-6-8(10)3-2-7-4-5-11-9(6)7;3-1-2-4;;;;;;;;/h2-4,6,14H,5,7,13H2,1H3,(H2,15,16,17);2-5,13H,6-7H2,1H3,(H2,14,15,16);2-5,11H,1H3;2-5,10H,1H3;2-5,11H,10H2,1H3;1-4H2;;;2*1H;;2*1H2;/q;;;;;;;;;;+1;;;+2/p-3. The fourth-order valence-electron chi connectivity index (χ4n) is 7.98. The number of aromatic amines is 5. The molecule has 0 amide bonds. The molecule has 1 aliphatic rings. The van der Waals surface area contributed by atoms with Crippen LogP contribution in [0.3, 0.4) is 0 Å². The third kappa shape index (κ3) is 22.9. The number of nitrogens with two attached hydrogens (primary N) is 4. The van der Waals surface area contributed by atoms with Crippen LogP contribution >= 0.6 is 42.3 Å². The molecule has 0 atom stereocenters. The van der Waals surface area contributed by atoms with E-state index < -0.39 is 18.9 Å². The Morgan fingerprint density at radius 1 is 0.683 bits per heavy atom. The van der Waals surface area contributed by atoms with E-state index in [1.807, 2.05) is 87.2 Å². The van der Waals surface area contributed by atoms with Gasteiger partial charge < -0.3 is 74.6 Å². The molecule has 6 heterocycles. The fraction of sp³-hybridized carbons (Fsp3) is 0.204. The second-order valence-corrected chi connectivity index (χ2v) is 21.8. The van der Waals surface area contributed by atoms with Crippen LogP contribution in [0.4, 0.5) is 28.4 Å². The van der Waals surface area contributed by atoms with Crippen molar-refractivity contribution in [3.63, 3.8) is 0 Å². The van der Waals surface area contributed by atoms with Crippen molar-refractivity contribution in [2.75, 3.05) is 55.6 Å². The summed E-state index contributed by atoms with van der Waals surface area (Å²) in [6, 6.07) is 29.6. The second kappa shape index (κ2) is 41.7. The number of aliphatic imine (C=N–C) groups is 2. The van der Waals surface area contributed by atoms with E-state index in [2.05, 4.69) is 118 Å². The number of rotatable bonds is 7. The Morgan fingerprint density at radius 2 is 1.10 bits per heavy atom. The zero-order valence-electron chi connectivity index (χ0n) is 46.1. The van der Waals surface area contributed by atoms with Crippen molar-refractivity contribution in [1.82, 2.24) is 35.6 Å². The SMILES string of the molecule is Cc1c(N)ccc2cc[nH]c12.Cc1c(N=C=S)ccc2cc[nH]c12.Cc1c(NC(=S)NCCN)ccc2cc[nH]c12.Cc1c(NC2=NCCN2)ccc2cc[nH]c12.Cc1c([N+](=O)[O-])ccc2cc[nH]c12.NCCN.O.[Ac].[Ac].[Cl][Sn][Cl].[OH][Hg]. The number of H-pyrrole nitrogens is 5. The van der Waals surface area contributed by atoms with Gasteiger partial charge in [0.1, 0.15) is 0 Å². The first-order valence-corrected chi connectivity index (χ1v) is 35.0. The number of nitro groups is 1. The molecule has 425 valence electrons. The molecule has 20 nitrogen and oxygen atoms in total. The van der Waals surface area contributed by atoms with E-state index in [0.717, 1.165) is 85.9 Å². The van der Waals surface area contributed by atoms with Crippen molar-refractivity contribution in [3.8, 4) is 0 Å². The van der Waals surface area contributed by atoms with Crippen molar-refractivity contribution in [1.29, 1.82) is 0 Å². The summed E-state index contributed by atoms with van der Waals surface area (Å²) in [4.78, 5) is 34.3. The van der Waals surface area contributed by atoms with Crippen LogP contribution in [-0.2, 0) is 26.6 Å². The van der Waals surface area contributed by atoms with Crippen LogP contribution in [0.1, 0.15) is 27.8 Å². The average Bonchev–Trinajstić information content (AvgIpc) is 4.40. The summed E-state index contributed by atoms with van der Waals surface area (Å²) < 4.78 is 7.19. The predicted octanol–water partition coefficient (Wildman–Crippen LogP) is 9.74. The van der Waals surface area contributed by atoms with Gasteiger partial charge in [-0.05, 0) is 164 Å². The summed E-state index contributed by atoms with van der Waals surface area (Å²) in [5, 5.41) is 32.1. The number of isothiocyanates is 1. The first-order valence-electron chi connectivity index (χ1n) is 24.5. The second-order valence-electron chi connectivity index (χ2n) is 16.9. The predicted molar refractivity (Wildman–Crippen MR) is 340 cm³/mol. The van der Waals surface area contributed by atoms with E-state index in [1.54, 1.807) is 19.2 Å². The van der Waals surface area contributed by atoms with Gasteiger partial charge in [-0.25, -0.2) is 0 Å². The minimum absolute atomic E-state index is 0. The molecule has 0 aliphatic carbocycles. The van der Waals surface area contributed by atoms with E-state index in [9.17, 15) is 10.1 Å². The number of guanidine groups is 1. The number of anilines is 3. The molecule has 5 aromatic heterocycles. The molecule has 1 aliphatic heterocycles. The van der Waals surface area contributed by atoms with Gasteiger partial charge in [0.15, 0.2) is 11.1 Å². The van der Waals surface area contributed by atoms with Gasteiger partial charge in [0.05, 0.1) is 55.5 Å². The number of thiocarbonyl (C=S) groups is 2. The summed E-state index contributed by atoms with van der Waals surface area (Å²) in [5.74, 6) is 0.869. The van der Waals surface area contributed by atoms with Crippen LogP contribution in [-0.4, -0.2) is 113 Å². The van der Waals surface area contributed by atoms with Crippen LogP contribution < -0.4 is 44.2 Å². The first kappa shape index (κ1) is 76.8. The van der Waals surface area contributed by atoms with Crippen LogP contribution in [0.2, 0.25) is 0 Å². The van der Waals surface area contributed by atoms with Gasteiger partial charge in [-0.15, -0.1) is 0 Å². The summed E-state index contributed by atoms with van der Waals surface area (Å²) in [5.41, 5.74) is 35.7. The monoisotopic (exact) mass is 1910 g/mol. The number of nitrogens with one attached hydrogen (secondary N) is 9. The molecule has 0 saturated heterocycles. The first-order chi connectivity index (χ1) is 38.2. The number of nitrogen functional groups attached to an aromatic ring is 1. The van der Waals surface area contributed by atoms with Crippen LogP contribution in [0, 0.1) is 133 Å². The molecule has 0 bridgehead atoms. The molecule has 0 fully saturated rings. The summed E-state index contributed by atoms with van der Waals surface area (Å²) in [7, 11) is 9.87. The molecule has 10 aromatic rings. The normalized spacial score (nSPS) is 10.4. The Morgan fingerprint density at radius 3 is 1.54 bits per heavy atom. The maximum absolute atomic E-state index is 10.6. The van der Waals surface area contributed by atoms with E-state index in [4.69, 9.17) is 56.0 Å². The molecule has 11 rings (SSSR count).